The number of carbonyl (C=O) groups excluding carboxylic acids is 1. The highest BCUT2D eigenvalue weighted by Crippen LogP contribution is 2.30. The average molecular weight is 414 g/mol. The largest absolute Gasteiger partial charge is 0.338 e. The third-order valence-corrected chi connectivity index (χ3v) is 6.53. The van der Waals surface area contributed by atoms with Crippen LogP contribution in [0.15, 0.2) is 53.3 Å². The molecule has 2 aromatic heterocycles. The Morgan fingerprint density at radius 1 is 1.06 bits per heavy atom. The highest BCUT2D eigenvalue weighted by atomic mass is 16.2. The van der Waals surface area contributed by atoms with Crippen molar-refractivity contribution in [3.63, 3.8) is 0 Å². The number of carbonyl (C=O) groups is 1. The smallest absolute Gasteiger partial charge is 0.261 e. The summed E-state index contributed by atoms with van der Waals surface area (Å²) in [5.41, 5.74) is 6.47. The number of rotatable bonds is 3. The number of H-pyrrole nitrogens is 1. The molecule has 0 saturated carbocycles. The minimum absolute atomic E-state index is 0.156. The summed E-state index contributed by atoms with van der Waals surface area (Å²) in [5.74, 6) is 0.0187. The summed E-state index contributed by atoms with van der Waals surface area (Å²) >= 11 is 0. The van der Waals surface area contributed by atoms with Crippen LogP contribution < -0.4 is 5.56 Å². The minimum Gasteiger partial charge on any atom is -0.338 e. The first-order valence-corrected chi connectivity index (χ1v) is 11.2. The zero-order valence-electron chi connectivity index (χ0n) is 17.9. The number of likely N-dealkylation sites (tertiary alicyclic amines) is 1. The number of benzene rings is 1. The maximum Gasteiger partial charge on any atom is 0.261 e. The summed E-state index contributed by atoms with van der Waals surface area (Å²) in [7, 11) is 0. The van der Waals surface area contributed by atoms with Crippen LogP contribution in [0.1, 0.15) is 58.2 Å². The maximum absolute atomic E-state index is 13.2. The third-order valence-electron chi connectivity index (χ3n) is 6.53. The molecule has 2 aliphatic rings. The van der Waals surface area contributed by atoms with Crippen molar-refractivity contribution in [1.29, 1.82) is 0 Å². The second-order valence-corrected chi connectivity index (χ2v) is 8.75. The number of amides is 1. The van der Waals surface area contributed by atoms with Crippen LogP contribution in [0.2, 0.25) is 0 Å². The van der Waals surface area contributed by atoms with E-state index in [1.807, 2.05) is 36.1 Å². The molecular weight excluding hydrogens is 386 g/mol. The standard InChI is InChI=1S/C26H27N3O2/c1-17-13-21(18-7-3-2-4-8-18)15-24(27-17)20-10-6-12-29(16-20)26(31)22-14-19-9-5-11-23(19)28-25(22)30/h2-4,7-8,13-15,20H,5-6,9-12,16H2,1H3,(H,28,30). The fraction of sp³-hybridized carbons (Fsp3) is 0.346. The van der Waals surface area contributed by atoms with Crippen molar-refractivity contribution >= 4 is 5.91 Å². The average Bonchev–Trinajstić information content (AvgIpc) is 3.25. The van der Waals surface area contributed by atoms with Crippen LogP contribution in [0.4, 0.5) is 0 Å². The van der Waals surface area contributed by atoms with Gasteiger partial charge in [0.05, 0.1) is 0 Å². The van der Waals surface area contributed by atoms with Crippen molar-refractivity contribution < 1.29 is 4.79 Å². The zero-order chi connectivity index (χ0) is 21.4. The van der Waals surface area contributed by atoms with Crippen LogP contribution >= 0.6 is 0 Å². The van der Waals surface area contributed by atoms with E-state index in [4.69, 9.17) is 4.98 Å². The predicted molar refractivity (Wildman–Crippen MR) is 121 cm³/mol. The topological polar surface area (TPSA) is 66.1 Å². The van der Waals surface area contributed by atoms with Crippen LogP contribution in [0.5, 0.6) is 0 Å². The molecule has 158 valence electrons. The number of hydrogen-bond donors (Lipinski definition) is 1. The van der Waals surface area contributed by atoms with Gasteiger partial charge in [0.2, 0.25) is 0 Å². The molecule has 31 heavy (non-hydrogen) atoms. The summed E-state index contributed by atoms with van der Waals surface area (Å²) in [6, 6.07) is 16.4. The Morgan fingerprint density at radius 2 is 1.90 bits per heavy atom. The van der Waals surface area contributed by atoms with Crippen LogP contribution in [0.3, 0.4) is 0 Å². The molecule has 1 atom stereocenters. The summed E-state index contributed by atoms with van der Waals surface area (Å²) in [6.45, 7) is 3.30. The number of pyridine rings is 2. The lowest BCUT2D eigenvalue weighted by Crippen LogP contribution is -2.41. The highest BCUT2D eigenvalue weighted by Gasteiger charge is 2.29. The second-order valence-electron chi connectivity index (χ2n) is 8.75. The van der Waals surface area contributed by atoms with Crippen molar-refractivity contribution in [1.82, 2.24) is 14.9 Å². The van der Waals surface area contributed by atoms with Crippen LogP contribution in [-0.4, -0.2) is 33.9 Å². The lowest BCUT2D eigenvalue weighted by atomic mass is 9.92. The molecule has 0 radical (unpaired) electrons. The number of hydrogen-bond acceptors (Lipinski definition) is 3. The van der Waals surface area contributed by atoms with Crippen molar-refractivity contribution in [3.8, 4) is 11.1 Å². The van der Waals surface area contributed by atoms with E-state index < -0.39 is 0 Å². The van der Waals surface area contributed by atoms with Gasteiger partial charge in [0, 0.05) is 36.1 Å². The van der Waals surface area contributed by atoms with Crippen LogP contribution in [0.25, 0.3) is 11.1 Å². The lowest BCUT2D eigenvalue weighted by Gasteiger charge is -2.32. The molecular formula is C26H27N3O2. The van der Waals surface area contributed by atoms with Gasteiger partial charge in [0.15, 0.2) is 0 Å². The Morgan fingerprint density at radius 3 is 2.74 bits per heavy atom. The number of piperidine rings is 1. The number of aromatic nitrogens is 2. The van der Waals surface area contributed by atoms with Crippen LogP contribution in [0, 0.1) is 6.92 Å². The molecule has 0 bridgehead atoms. The Kier molecular flexibility index (Phi) is 5.18. The molecule has 5 heteroatoms. The van der Waals surface area contributed by atoms with E-state index in [1.54, 1.807) is 0 Å². The van der Waals surface area contributed by atoms with Gasteiger partial charge in [0.25, 0.3) is 11.5 Å². The first-order valence-electron chi connectivity index (χ1n) is 11.2. The molecule has 1 aromatic carbocycles. The number of nitrogens with zero attached hydrogens (tertiary/aromatic N) is 2. The molecule has 1 amide bonds. The predicted octanol–water partition coefficient (Wildman–Crippen LogP) is 4.25. The molecule has 5 rings (SSSR count). The molecule has 3 heterocycles. The lowest BCUT2D eigenvalue weighted by molar-refractivity contribution is 0.0704. The van der Waals surface area contributed by atoms with E-state index >= 15 is 0 Å². The van der Waals surface area contributed by atoms with Crippen molar-refractivity contribution in [3.05, 3.63) is 87.1 Å². The zero-order valence-corrected chi connectivity index (χ0v) is 17.9. The Bertz CT molecular complexity index is 1180. The van der Waals surface area contributed by atoms with Crippen LogP contribution in [-0.2, 0) is 12.8 Å². The Balaban J connectivity index is 1.41. The van der Waals surface area contributed by atoms with Crippen molar-refractivity contribution in [2.45, 2.75) is 44.9 Å². The number of aryl methyl sites for hydroxylation is 3. The van der Waals surface area contributed by atoms with E-state index in [0.29, 0.717) is 13.1 Å². The first kappa shape index (κ1) is 19.7. The van der Waals surface area contributed by atoms with E-state index in [1.165, 1.54) is 5.56 Å². The SMILES string of the molecule is Cc1cc(-c2ccccc2)cc(C2CCCN(C(=O)c3cc4c([nH]c3=O)CCC4)C2)n1. The molecule has 0 spiro atoms. The van der Waals surface area contributed by atoms with Crippen molar-refractivity contribution in [2.75, 3.05) is 13.1 Å². The summed E-state index contributed by atoms with van der Waals surface area (Å²) in [6.07, 6.45) is 4.78. The molecule has 3 aromatic rings. The van der Waals surface area contributed by atoms with Gasteiger partial charge in [-0.05, 0) is 73.9 Å². The summed E-state index contributed by atoms with van der Waals surface area (Å²) in [5, 5.41) is 0. The monoisotopic (exact) mass is 413 g/mol. The quantitative estimate of drug-likeness (QED) is 0.698. The van der Waals surface area contributed by atoms with Gasteiger partial charge in [0.1, 0.15) is 5.56 Å². The minimum atomic E-state index is -0.257. The molecule has 1 unspecified atom stereocenters. The molecule has 1 N–H and O–H groups in total. The molecule has 5 nitrogen and oxygen atoms in total. The van der Waals surface area contributed by atoms with Gasteiger partial charge in [-0.25, -0.2) is 0 Å². The second kappa shape index (κ2) is 8.14. The van der Waals surface area contributed by atoms with E-state index in [2.05, 4.69) is 29.2 Å². The summed E-state index contributed by atoms with van der Waals surface area (Å²) in [4.78, 5) is 35.4. The van der Waals surface area contributed by atoms with E-state index in [0.717, 1.165) is 60.3 Å². The first-order chi connectivity index (χ1) is 15.1. The maximum atomic E-state index is 13.2. The fourth-order valence-electron chi connectivity index (χ4n) is 4.95. The molecule has 1 fully saturated rings. The van der Waals surface area contributed by atoms with E-state index in [9.17, 15) is 9.59 Å². The number of fused-ring (bicyclic) bond motifs is 1. The van der Waals surface area contributed by atoms with Crippen molar-refractivity contribution in [2.24, 2.45) is 0 Å². The molecule has 1 aliphatic carbocycles. The third kappa shape index (κ3) is 3.92. The normalized spacial score (nSPS) is 18.1. The summed E-state index contributed by atoms with van der Waals surface area (Å²) < 4.78 is 0. The van der Waals surface area contributed by atoms with Gasteiger partial charge in [-0.2, -0.15) is 0 Å². The molecule has 1 aliphatic heterocycles. The highest BCUT2D eigenvalue weighted by molar-refractivity contribution is 5.94. The number of aromatic amines is 1. The fourth-order valence-corrected chi connectivity index (χ4v) is 4.95. The number of nitrogens with one attached hydrogen (secondary N) is 1. The Labute approximate surface area is 182 Å². The van der Waals surface area contributed by atoms with Gasteiger partial charge in [-0.15, -0.1) is 0 Å². The van der Waals surface area contributed by atoms with Gasteiger partial charge < -0.3 is 9.88 Å². The van der Waals surface area contributed by atoms with Gasteiger partial charge in [-0.3, -0.25) is 14.6 Å². The van der Waals surface area contributed by atoms with E-state index in [-0.39, 0.29) is 22.9 Å². The molecule has 1 saturated heterocycles. The van der Waals surface area contributed by atoms with Gasteiger partial charge >= 0.3 is 0 Å². The Hall–Kier alpha value is -3.21. The van der Waals surface area contributed by atoms with Gasteiger partial charge in [-0.1, -0.05) is 30.3 Å².